The van der Waals surface area contributed by atoms with Crippen LogP contribution in [0.1, 0.15) is 6.92 Å². The number of furan rings is 1. The number of rotatable bonds is 3. The van der Waals surface area contributed by atoms with Crippen molar-refractivity contribution in [3.05, 3.63) is 34.7 Å². The Morgan fingerprint density at radius 1 is 1.38 bits per heavy atom. The minimum atomic E-state index is 0.507. The Balaban J connectivity index is 2.49. The fraction of sp³-hybridized carbons (Fsp3) is 0.182. The maximum absolute atomic E-state index is 6.08. The Labute approximate surface area is 103 Å². The molecule has 0 bridgehead atoms. The number of halogens is 2. The first-order valence-electron chi connectivity index (χ1n) is 4.85. The predicted molar refractivity (Wildman–Crippen MR) is 66.1 cm³/mol. The lowest BCUT2D eigenvalue weighted by atomic mass is 10.2. The van der Waals surface area contributed by atoms with E-state index in [1.807, 2.05) is 6.92 Å². The molecule has 2 aromatic heterocycles. The highest BCUT2D eigenvalue weighted by atomic mass is 35.5. The van der Waals surface area contributed by atoms with Gasteiger partial charge in [-0.1, -0.05) is 23.2 Å². The van der Waals surface area contributed by atoms with Crippen molar-refractivity contribution in [2.75, 3.05) is 11.9 Å². The molecule has 0 aliphatic carbocycles. The SMILES string of the molecule is CCNc1nc(-c2ccoc2)c(Cl)cc1Cl. The van der Waals surface area contributed by atoms with Crippen LogP contribution in [0.25, 0.3) is 11.3 Å². The number of hydrogen-bond acceptors (Lipinski definition) is 3. The van der Waals surface area contributed by atoms with Gasteiger partial charge in [-0.3, -0.25) is 0 Å². The number of nitrogens with zero attached hydrogens (tertiary/aromatic N) is 1. The van der Waals surface area contributed by atoms with E-state index in [1.54, 1.807) is 24.7 Å². The van der Waals surface area contributed by atoms with Crippen LogP contribution in [0.15, 0.2) is 29.1 Å². The van der Waals surface area contributed by atoms with E-state index in [1.165, 1.54) is 0 Å². The summed E-state index contributed by atoms with van der Waals surface area (Å²) in [4.78, 5) is 4.37. The minimum absolute atomic E-state index is 0.507. The van der Waals surface area contributed by atoms with Crippen molar-refractivity contribution in [3.8, 4) is 11.3 Å². The summed E-state index contributed by atoms with van der Waals surface area (Å²) in [5, 5.41) is 4.09. The van der Waals surface area contributed by atoms with Crippen molar-refractivity contribution in [2.45, 2.75) is 6.92 Å². The van der Waals surface area contributed by atoms with Gasteiger partial charge in [0.15, 0.2) is 0 Å². The van der Waals surface area contributed by atoms with E-state index in [2.05, 4.69) is 10.3 Å². The molecule has 0 aliphatic heterocycles. The van der Waals surface area contributed by atoms with Crippen LogP contribution in [0.3, 0.4) is 0 Å². The van der Waals surface area contributed by atoms with Gasteiger partial charge in [0.2, 0.25) is 0 Å². The third-order valence-electron chi connectivity index (χ3n) is 2.07. The molecular formula is C11H10Cl2N2O. The molecule has 2 aromatic rings. The number of anilines is 1. The average molecular weight is 257 g/mol. The van der Waals surface area contributed by atoms with Crippen molar-refractivity contribution < 1.29 is 4.42 Å². The first kappa shape index (κ1) is 11.3. The Bertz CT molecular complexity index is 483. The molecule has 1 N–H and O–H groups in total. The number of nitrogens with one attached hydrogen (secondary N) is 1. The van der Waals surface area contributed by atoms with Crippen molar-refractivity contribution in [1.82, 2.24) is 4.98 Å². The quantitative estimate of drug-likeness (QED) is 0.900. The molecule has 16 heavy (non-hydrogen) atoms. The van der Waals surface area contributed by atoms with Gasteiger partial charge in [-0.2, -0.15) is 0 Å². The maximum Gasteiger partial charge on any atom is 0.145 e. The summed E-state index contributed by atoms with van der Waals surface area (Å²) in [5.41, 5.74) is 1.50. The van der Waals surface area contributed by atoms with E-state index in [0.29, 0.717) is 21.6 Å². The molecule has 0 saturated heterocycles. The summed E-state index contributed by atoms with van der Waals surface area (Å²) in [6, 6.07) is 3.48. The van der Waals surface area contributed by atoms with Crippen LogP contribution < -0.4 is 5.32 Å². The van der Waals surface area contributed by atoms with Crippen molar-refractivity contribution in [2.24, 2.45) is 0 Å². The first-order valence-corrected chi connectivity index (χ1v) is 5.60. The molecule has 0 fully saturated rings. The smallest absolute Gasteiger partial charge is 0.145 e. The standard InChI is InChI=1S/C11H10Cl2N2O/c1-2-14-11-9(13)5-8(12)10(15-11)7-3-4-16-6-7/h3-6H,2H2,1H3,(H,14,15). The van der Waals surface area contributed by atoms with Crippen LogP contribution in [0.2, 0.25) is 10.0 Å². The van der Waals surface area contributed by atoms with Gasteiger partial charge in [-0.05, 0) is 19.1 Å². The fourth-order valence-corrected chi connectivity index (χ4v) is 1.89. The fourth-order valence-electron chi connectivity index (χ4n) is 1.36. The molecule has 3 nitrogen and oxygen atoms in total. The Kier molecular flexibility index (Phi) is 3.36. The van der Waals surface area contributed by atoms with E-state index in [4.69, 9.17) is 27.6 Å². The topological polar surface area (TPSA) is 38.1 Å². The Morgan fingerprint density at radius 3 is 2.81 bits per heavy atom. The summed E-state index contributed by atoms with van der Waals surface area (Å²) in [5.74, 6) is 0.629. The lowest BCUT2D eigenvalue weighted by molar-refractivity contribution is 0.568. The van der Waals surface area contributed by atoms with E-state index in [-0.39, 0.29) is 0 Å². The highest BCUT2D eigenvalue weighted by Crippen LogP contribution is 2.32. The van der Waals surface area contributed by atoms with Crippen LogP contribution in [0.4, 0.5) is 5.82 Å². The Morgan fingerprint density at radius 2 is 2.19 bits per heavy atom. The van der Waals surface area contributed by atoms with Crippen LogP contribution >= 0.6 is 23.2 Å². The lowest BCUT2D eigenvalue weighted by Gasteiger charge is -2.08. The molecule has 0 unspecified atom stereocenters. The maximum atomic E-state index is 6.08. The molecule has 0 atom stereocenters. The van der Waals surface area contributed by atoms with Crippen LogP contribution in [0, 0.1) is 0 Å². The predicted octanol–water partition coefficient (Wildman–Crippen LogP) is 4.08. The second kappa shape index (κ2) is 4.76. The summed E-state index contributed by atoms with van der Waals surface area (Å²) in [6.07, 6.45) is 3.17. The molecule has 0 aromatic carbocycles. The molecule has 2 heterocycles. The zero-order chi connectivity index (χ0) is 11.5. The molecule has 5 heteroatoms. The van der Waals surface area contributed by atoms with Crippen molar-refractivity contribution in [3.63, 3.8) is 0 Å². The molecule has 84 valence electrons. The van der Waals surface area contributed by atoms with Gasteiger partial charge in [0.25, 0.3) is 0 Å². The van der Waals surface area contributed by atoms with E-state index >= 15 is 0 Å². The summed E-state index contributed by atoms with van der Waals surface area (Å²) >= 11 is 12.1. The van der Waals surface area contributed by atoms with E-state index in [0.717, 1.165) is 12.1 Å². The zero-order valence-corrected chi connectivity index (χ0v) is 10.1. The average Bonchev–Trinajstić information content (AvgIpc) is 2.75. The largest absolute Gasteiger partial charge is 0.472 e. The van der Waals surface area contributed by atoms with Crippen LogP contribution in [-0.4, -0.2) is 11.5 Å². The summed E-state index contributed by atoms with van der Waals surface area (Å²) < 4.78 is 5.00. The Hall–Kier alpha value is -1.19. The van der Waals surface area contributed by atoms with Gasteiger partial charge in [-0.15, -0.1) is 0 Å². The third kappa shape index (κ3) is 2.15. The monoisotopic (exact) mass is 256 g/mol. The summed E-state index contributed by atoms with van der Waals surface area (Å²) in [7, 11) is 0. The molecule has 0 radical (unpaired) electrons. The molecule has 0 saturated carbocycles. The van der Waals surface area contributed by atoms with Crippen molar-refractivity contribution in [1.29, 1.82) is 0 Å². The second-order valence-corrected chi connectivity index (χ2v) is 4.01. The molecule has 2 rings (SSSR count). The zero-order valence-electron chi connectivity index (χ0n) is 8.63. The first-order chi connectivity index (χ1) is 7.72. The number of hydrogen-bond donors (Lipinski definition) is 1. The molecule has 0 spiro atoms. The van der Waals surface area contributed by atoms with Crippen molar-refractivity contribution >= 4 is 29.0 Å². The van der Waals surface area contributed by atoms with Gasteiger partial charge >= 0.3 is 0 Å². The van der Waals surface area contributed by atoms with Gasteiger partial charge in [0.05, 0.1) is 28.3 Å². The number of aromatic nitrogens is 1. The third-order valence-corrected chi connectivity index (χ3v) is 2.64. The lowest BCUT2D eigenvalue weighted by Crippen LogP contribution is -2.01. The summed E-state index contributed by atoms with van der Waals surface area (Å²) in [6.45, 7) is 2.73. The second-order valence-electron chi connectivity index (χ2n) is 3.19. The van der Waals surface area contributed by atoms with Gasteiger partial charge in [-0.25, -0.2) is 4.98 Å². The van der Waals surface area contributed by atoms with E-state index < -0.39 is 0 Å². The molecule has 0 aliphatic rings. The van der Waals surface area contributed by atoms with Gasteiger partial charge in [0.1, 0.15) is 5.82 Å². The highest BCUT2D eigenvalue weighted by Gasteiger charge is 2.11. The highest BCUT2D eigenvalue weighted by molar-refractivity contribution is 6.37. The number of pyridine rings is 1. The minimum Gasteiger partial charge on any atom is -0.472 e. The van der Waals surface area contributed by atoms with Crippen LogP contribution in [-0.2, 0) is 0 Å². The van der Waals surface area contributed by atoms with Gasteiger partial charge < -0.3 is 9.73 Å². The normalized spacial score (nSPS) is 10.4. The molecule has 0 amide bonds. The van der Waals surface area contributed by atoms with E-state index in [9.17, 15) is 0 Å². The van der Waals surface area contributed by atoms with Crippen LogP contribution in [0.5, 0.6) is 0 Å². The van der Waals surface area contributed by atoms with Gasteiger partial charge in [0, 0.05) is 12.1 Å². The molecular weight excluding hydrogens is 247 g/mol.